The number of aryl methyl sites for hydroxylation is 1. The fraction of sp³-hybridized carbons (Fsp3) is 0.389. The summed E-state index contributed by atoms with van der Waals surface area (Å²) in [6.07, 6.45) is 6.82. The first-order valence-electron chi connectivity index (χ1n) is 7.58. The van der Waals surface area contributed by atoms with Gasteiger partial charge in [-0.3, -0.25) is 4.98 Å². The van der Waals surface area contributed by atoms with Crippen LogP contribution in [-0.4, -0.2) is 25.2 Å². The fourth-order valence-electron chi connectivity index (χ4n) is 2.31. The minimum Gasteiger partial charge on any atom is -0.377 e. The highest BCUT2D eigenvalue weighted by molar-refractivity contribution is 5.26. The minimum atomic E-state index is 0.705. The Labute approximate surface area is 127 Å². The number of rotatable bonds is 9. The third-order valence-electron chi connectivity index (χ3n) is 3.52. The first-order valence-corrected chi connectivity index (χ1v) is 7.58. The van der Waals surface area contributed by atoms with Gasteiger partial charge in [0.2, 0.25) is 0 Å². The van der Waals surface area contributed by atoms with E-state index in [1.54, 1.807) is 0 Å². The first kappa shape index (κ1) is 15.7. The zero-order valence-electron chi connectivity index (χ0n) is 12.7. The van der Waals surface area contributed by atoms with Crippen molar-refractivity contribution in [2.45, 2.75) is 25.9 Å². The van der Waals surface area contributed by atoms with E-state index in [4.69, 9.17) is 4.74 Å². The zero-order chi connectivity index (χ0) is 14.8. The topological polar surface area (TPSA) is 34.1 Å². The van der Waals surface area contributed by atoms with Crippen LogP contribution in [-0.2, 0) is 24.2 Å². The molecule has 0 amide bonds. The van der Waals surface area contributed by atoms with Gasteiger partial charge in [-0.15, -0.1) is 0 Å². The molecule has 0 saturated carbocycles. The number of likely N-dealkylation sites (N-methyl/N-ethyl adjacent to an activating group) is 1. The third kappa shape index (κ3) is 5.66. The number of nitrogens with one attached hydrogen (secondary N) is 1. The maximum atomic E-state index is 5.83. The SMILES string of the molecule is CNCCc1ccccc1COCCCc1ccncc1. The molecule has 0 bridgehead atoms. The van der Waals surface area contributed by atoms with Gasteiger partial charge in [0.1, 0.15) is 0 Å². The van der Waals surface area contributed by atoms with Gasteiger partial charge in [0.25, 0.3) is 0 Å². The molecule has 2 aromatic rings. The van der Waals surface area contributed by atoms with Crippen LogP contribution < -0.4 is 5.32 Å². The summed E-state index contributed by atoms with van der Waals surface area (Å²) in [5.41, 5.74) is 4.00. The minimum absolute atomic E-state index is 0.705. The van der Waals surface area contributed by atoms with E-state index in [1.807, 2.05) is 19.4 Å². The lowest BCUT2D eigenvalue weighted by Gasteiger charge is -2.10. The molecule has 0 fully saturated rings. The van der Waals surface area contributed by atoms with Crippen LogP contribution in [0.3, 0.4) is 0 Å². The molecular weight excluding hydrogens is 260 g/mol. The Morgan fingerprint density at radius 2 is 1.76 bits per heavy atom. The molecule has 1 N–H and O–H groups in total. The zero-order valence-corrected chi connectivity index (χ0v) is 12.7. The van der Waals surface area contributed by atoms with Crippen molar-refractivity contribution in [3.63, 3.8) is 0 Å². The van der Waals surface area contributed by atoms with Crippen molar-refractivity contribution in [3.8, 4) is 0 Å². The van der Waals surface area contributed by atoms with Gasteiger partial charge in [0.05, 0.1) is 6.61 Å². The number of nitrogens with zero attached hydrogens (tertiary/aromatic N) is 1. The number of hydrogen-bond donors (Lipinski definition) is 1. The van der Waals surface area contributed by atoms with E-state index in [0.717, 1.165) is 32.4 Å². The van der Waals surface area contributed by atoms with E-state index >= 15 is 0 Å². The maximum Gasteiger partial charge on any atom is 0.0719 e. The van der Waals surface area contributed by atoms with Crippen molar-refractivity contribution in [3.05, 3.63) is 65.5 Å². The molecule has 0 atom stereocenters. The molecule has 1 aromatic heterocycles. The highest BCUT2D eigenvalue weighted by Gasteiger charge is 2.01. The van der Waals surface area contributed by atoms with E-state index in [-0.39, 0.29) is 0 Å². The standard InChI is InChI=1S/C18H24N2O/c1-19-11-10-17-6-2-3-7-18(17)15-21-14-4-5-16-8-12-20-13-9-16/h2-3,6-9,12-13,19H,4-5,10-11,14-15H2,1H3. The molecule has 1 aromatic carbocycles. The molecule has 0 spiro atoms. The summed E-state index contributed by atoms with van der Waals surface area (Å²) in [7, 11) is 1.98. The highest BCUT2D eigenvalue weighted by Crippen LogP contribution is 2.11. The molecule has 3 nitrogen and oxygen atoms in total. The Morgan fingerprint density at radius 1 is 1.00 bits per heavy atom. The van der Waals surface area contributed by atoms with E-state index < -0.39 is 0 Å². The van der Waals surface area contributed by atoms with E-state index in [2.05, 4.69) is 46.7 Å². The largest absolute Gasteiger partial charge is 0.377 e. The van der Waals surface area contributed by atoms with Crippen molar-refractivity contribution in [2.75, 3.05) is 20.2 Å². The van der Waals surface area contributed by atoms with E-state index in [0.29, 0.717) is 6.61 Å². The Hall–Kier alpha value is -1.71. The molecule has 0 aliphatic rings. The second-order valence-electron chi connectivity index (χ2n) is 5.13. The number of pyridine rings is 1. The van der Waals surface area contributed by atoms with Crippen molar-refractivity contribution in [1.29, 1.82) is 0 Å². The first-order chi connectivity index (χ1) is 10.4. The molecule has 0 aliphatic heterocycles. The molecule has 3 heteroatoms. The second-order valence-corrected chi connectivity index (χ2v) is 5.13. The van der Waals surface area contributed by atoms with Crippen LogP contribution in [0.4, 0.5) is 0 Å². The van der Waals surface area contributed by atoms with Gasteiger partial charge in [-0.05, 0) is 61.7 Å². The van der Waals surface area contributed by atoms with Crippen LogP contribution in [0.5, 0.6) is 0 Å². The van der Waals surface area contributed by atoms with Gasteiger partial charge < -0.3 is 10.1 Å². The Bertz CT molecular complexity index is 514. The molecule has 1 heterocycles. The summed E-state index contributed by atoms with van der Waals surface area (Å²) in [5.74, 6) is 0. The molecule has 112 valence electrons. The average molecular weight is 284 g/mol. The van der Waals surface area contributed by atoms with Crippen molar-refractivity contribution >= 4 is 0 Å². The lowest BCUT2D eigenvalue weighted by Crippen LogP contribution is -2.11. The number of aromatic nitrogens is 1. The molecule has 0 radical (unpaired) electrons. The number of ether oxygens (including phenoxy) is 1. The lowest BCUT2D eigenvalue weighted by atomic mass is 10.1. The summed E-state index contributed by atoms with van der Waals surface area (Å²) in [4.78, 5) is 4.03. The molecule has 0 saturated heterocycles. The van der Waals surface area contributed by atoms with Crippen molar-refractivity contribution in [2.24, 2.45) is 0 Å². The molecule has 21 heavy (non-hydrogen) atoms. The Balaban J connectivity index is 1.71. The summed E-state index contributed by atoms with van der Waals surface area (Å²) >= 11 is 0. The Morgan fingerprint density at radius 3 is 2.52 bits per heavy atom. The van der Waals surface area contributed by atoms with Crippen LogP contribution in [0.1, 0.15) is 23.1 Å². The van der Waals surface area contributed by atoms with Gasteiger partial charge in [0.15, 0.2) is 0 Å². The lowest BCUT2D eigenvalue weighted by molar-refractivity contribution is 0.118. The van der Waals surface area contributed by atoms with Crippen LogP contribution in [0.15, 0.2) is 48.8 Å². The Kier molecular flexibility index (Phi) is 6.92. The van der Waals surface area contributed by atoms with Crippen LogP contribution in [0.25, 0.3) is 0 Å². The molecule has 2 rings (SSSR count). The third-order valence-corrected chi connectivity index (χ3v) is 3.52. The normalized spacial score (nSPS) is 10.7. The molecular formula is C18H24N2O. The van der Waals surface area contributed by atoms with Crippen LogP contribution in [0.2, 0.25) is 0 Å². The van der Waals surface area contributed by atoms with Gasteiger partial charge in [-0.2, -0.15) is 0 Å². The number of hydrogen-bond acceptors (Lipinski definition) is 3. The predicted octanol–water partition coefficient (Wildman–Crippen LogP) is 2.99. The molecule has 0 unspecified atom stereocenters. The smallest absolute Gasteiger partial charge is 0.0719 e. The van der Waals surface area contributed by atoms with Crippen LogP contribution >= 0.6 is 0 Å². The van der Waals surface area contributed by atoms with Gasteiger partial charge in [-0.25, -0.2) is 0 Å². The van der Waals surface area contributed by atoms with E-state index in [9.17, 15) is 0 Å². The van der Waals surface area contributed by atoms with Crippen molar-refractivity contribution < 1.29 is 4.74 Å². The summed E-state index contributed by atoms with van der Waals surface area (Å²) in [6.45, 7) is 2.50. The quantitative estimate of drug-likeness (QED) is 0.719. The molecule has 0 aliphatic carbocycles. The maximum absolute atomic E-state index is 5.83. The summed E-state index contributed by atoms with van der Waals surface area (Å²) < 4.78 is 5.83. The average Bonchev–Trinajstić information content (AvgIpc) is 2.54. The highest BCUT2D eigenvalue weighted by atomic mass is 16.5. The van der Waals surface area contributed by atoms with Gasteiger partial charge >= 0.3 is 0 Å². The van der Waals surface area contributed by atoms with Crippen LogP contribution in [0, 0.1) is 0 Å². The monoisotopic (exact) mass is 284 g/mol. The van der Waals surface area contributed by atoms with E-state index in [1.165, 1.54) is 16.7 Å². The second kappa shape index (κ2) is 9.27. The number of benzene rings is 1. The fourth-order valence-corrected chi connectivity index (χ4v) is 2.31. The summed E-state index contributed by atoms with van der Waals surface area (Å²) in [5, 5.41) is 3.19. The summed E-state index contributed by atoms with van der Waals surface area (Å²) in [6, 6.07) is 12.7. The van der Waals surface area contributed by atoms with Crippen molar-refractivity contribution in [1.82, 2.24) is 10.3 Å². The van der Waals surface area contributed by atoms with Gasteiger partial charge in [-0.1, -0.05) is 24.3 Å². The van der Waals surface area contributed by atoms with Gasteiger partial charge in [0, 0.05) is 19.0 Å². The predicted molar refractivity (Wildman–Crippen MR) is 86.3 cm³/mol.